The molecule has 0 spiro atoms. The first-order valence-electron chi connectivity index (χ1n) is 5.91. The summed E-state index contributed by atoms with van der Waals surface area (Å²) < 4.78 is 1.95. The van der Waals surface area contributed by atoms with Crippen LogP contribution in [0.4, 0.5) is 5.69 Å². The molecule has 3 aromatic rings. The largest absolute Gasteiger partial charge is 0.398 e. The standard InChI is InChI=1S/C14H14N4/c1-10(11-5-3-2-4-6-11)14-17-16-13-8-7-12(15)9-18(13)14/h2-10H,15H2,1H3. The summed E-state index contributed by atoms with van der Waals surface area (Å²) in [5.41, 5.74) is 8.56. The maximum absolute atomic E-state index is 5.81. The second-order valence-electron chi connectivity index (χ2n) is 4.38. The van der Waals surface area contributed by atoms with Crippen molar-refractivity contribution < 1.29 is 0 Å². The molecular formula is C14H14N4. The van der Waals surface area contributed by atoms with E-state index in [9.17, 15) is 0 Å². The number of hydrogen-bond acceptors (Lipinski definition) is 3. The van der Waals surface area contributed by atoms with Crippen molar-refractivity contribution in [3.05, 3.63) is 60.0 Å². The number of aromatic nitrogens is 3. The van der Waals surface area contributed by atoms with Crippen LogP contribution in [-0.2, 0) is 0 Å². The van der Waals surface area contributed by atoms with E-state index >= 15 is 0 Å². The van der Waals surface area contributed by atoms with Gasteiger partial charge in [0.15, 0.2) is 5.65 Å². The van der Waals surface area contributed by atoms with Gasteiger partial charge in [0, 0.05) is 17.8 Å². The summed E-state index contributed by atoms with van der Waals surface area (Å²) in [6.07, 6.45) is 1.87. The molecule has 90 valence electrons. The minimum Gasteiger partial charge on any atom is -0.398 e. The van der Waals surface area contributed by atoms with E-state index in [-0.39, 0.29) is 5.92 Å². The first-order valence-corrected chi connectivity index (χ1v) is 5.91. The lowest BCUT2D eigenvalue weighted by Crippen LogP contribution is -2.03. The highest BCUT2D eigenvalue weighted by molar-refractivity contribution is 5.48. The van der Waals surface area contributed by atoms with E-state index in [1.807, 2.05) is 40.9 Å². The molecular weight excluding hydrogens is 224 g/mol. The fourth-order valence-corrected chi connectivity index (χ4v) is 2.11. The van der Waals surface area contributed by atoms with Gasteiger partial charge in [-0.1, -0.05) is 37.3 Å². The summed E-state index contributed by atoms with van der Waals surface area (Å²) in [7, 11) is 0. The van der Waals surface area contributed by atoms with Gasteiger partial charge in [0.2, 0.25) is 0 Å². The van der Waals surface area contributed by atoms with Crippen molar-refractivity contribution >= 4 is 11.3 Å². The van der Waals surface area contributed by atoms with Crippen molar-refractivity contribution in [1.82, 2.24) is 14.6 Å². The number of nitrogens with two attached hydrogens (primary N) is 1. The van der Waals surface area contributed by atoms with Crippen molar-refractivity contribution in [2.75, 3.05) is 5.73 Å². The lowest BCUT2D eigenvalue weighted by atomic mass is 10.0. The van der Waals surface area contributed by atoms with Crippen LogP contribution in [0.3, 0.4) is 0 Å². The fraction of sp³-hybridized carbons (Fsp3) is 0.143. The number of hydrogen-bond donors (Lipinski definition) is 1. The Morgan fingerprint density at radius 3 is 2.61 bits per heavy atom. The lowest BCUT2D eigenvalue weighted by Gasteiger charge is -2.10. The number of rotatable bonds is 2. The topological polar surface area (TPSA) is 56.2 Å². The van der Waals surface area contributed by atoms with Crippen molar-refractivity contribution in [2.45, 2.75) is 12.8 Å². The molecule has 0 amide bonds. The summed E-state index contributed by atoms with van der Waals surface area (Å²) >= 11 is 0. The number of benzene rings is 1. The molecule has 0 bridgehead atoms. The van der Waals surface area contributed by atoms with Crippen LogP contribution in [0.25, 0.3) is 5.65 Å². The Morgan fingerprint density at radius 2 is 1.83 bits per heavy atom. The smallest absolute Gasteiger partial charge is 0.160 e. The molecule has 2 heterocycles. The van der Waals surface area contributed by atoms with E-state index in [0.29, 0.717) is 5.69 Å². The normalized spacial score (nSPS) is 12.7. The molecule has 0 saturated heterocycles. The van der Waals surface area contributed by atoms with Gasteiger partial charge < -0.3 is 5.73 Å². The minimum absolute atomic E-state index is 0.183. The first kappa shape index (κ1) is 10.8. The Balaban J connectivity index is 2.12. The summed E-state index contributed by atoms with van der Waals surface area (Å²) in [5.74, 6) is 1.09. The molecule has 1 aromatic carbocycles. The van der Waals surface area contributed by atoms with E-state index in [1.54, 1.807) is 0 Å². The van der Waals surface area contributed by atoms with Crippen LogP contribution >= 0.6 is 0 Å². The molecule has 18 heavy (non-hydrogen) atoms. The third kappa shape index (κ3) is 1.72. The zero-order valence-electron chi connectivity index (χ0n) is 10.1. The molecule has 0 aliphatic rings. The van der Waals surface area contributed by atoms with Crippen LogP contribution < -0.4 is 5.73 Å². The van der Waals surface area contributed by atoms with Crippen LogP contribution in [0, 0.1) is 0 Å². The maximum atomic E-state index is 5.81. The predicted molar refractivity (Wildman–Crippen MR) is 71.4 cm³/mol. The average molecular weight is 238 g/mol. The highest BCUT2D eigenvalue weighted by Crippen LogP contribution is 2.23. The molecule has 2 aromatic heterocycles. The molecule has 1 unspecified atom stereocenters. The molecule has 2 N–H and O–H groups in total. The van der Waals surface area contributed by atoms with Gasteiger partial charge in [-0.3, -0.25) is 4.40 Å². The Morgan fingerprint density at radius 1 is 1.06 bits per heavy atom. The molecule has 3 rings (SSSR count). The van der Waals surface area contributed by atoms with Crippen molar-refractivity contribution in [3.63, 3.8) is 0 Å². The lowest BCUT2D eigenvalue weighted by molar-refractivity contribution is 0.798. The molecule has 1 atom stereocenters. The molecule has 0 radical (unpaired) electrons. The van der Waals surface area contributed by atoms with E-state index in [2.05, 4.69) is 29.3 Å². The molecule has 0 aliphatic carbocycles. The molecule has 4 nitrogen and oxygen atoms in total. The SMILES string of the molecule is CC(c1ccccc1)c1nnc2ccc(N)cn12. The van der Waals surface area contributed by atoms with Gasteiger partial charge in [0.1, 0.15) is 5.82 Å². The second-order valence-corrected chi connectivity index (χ2v) is 4.38. The Kier molecular flexibility index (Phi) is 2.48. The van der Waals surface area contributed by atoms with Gasteiger partial charge in [-0.05, 0) is 17.7 Å². The zero-order valence-corrected chi connectivity index (χ0v) is 10.1. The van der Waals surface area contributed by atoms with Gasteiger partial charge in [0.05, 0.1) is 0 Å². The van der Waals surface area contributed by atoms with Crippen LogP contribution in [0.1, 0.15) is 24.2 Å². The third-order valence-corrected chi connectivity index (χ3v) is 3.14. The number of pyridine rings is 1. The van der Waals surface area contributed by atoms with Crippen molar-refractivity contribution in [3.8, 4) is 0 Å². The van der Waals surface area contributed by atoms with Crippen LogP contribution in [0.15, 0.2) is 48.7 Å². The zero-order chi connectivity index (χ0) is 12.5. The number of fused-ring (bicyclic) bond motifs is 1. The minimum atomic E-state index is 0.183. The monoisotopic (exact) mass is 238 g/mol. The van der Waals surface area contributed by atoms with Gasteiger partial charge in [-0.15, -0.1) is 10.2 Å². The average Bonchev–Trinajstić information content (AvgIpc) is 2.82. The Hall–Kier alpha value is -2.36. The molecule has 4 heteroatoms. The van der Waals surface area contributed by atoms with E-state index in [1.165, 1.54) is 5.56 Å². The number of anilines is 1. The summed E-state index contributed by atoms with van der Waals surface area (Å²) in [6.45, 7) is 2.12. The van der Waals surface area contributed by atoms with Gasteiger partial charge in [0.25, 0.3) is 0 Å². The summed E-state index contributed by atoms with van der Waals surface area (Å²) in [6, 6.07) is 14.0. The van der Waals surface area contributed by atoms with E-state index < -0.39 is 0 Å². The van der Waals surface area contributed by atoms with Crippen molar-refractivity contribution in [2.24, 2.45) is 0 Å². The van der Waals surface area contributed by atoms with E-state index in [0.717, 1.165) is 11.5 Å². The number of nitrogens with zero attached hydrogens (tertiary/aromatic N) is 3. The number of nitrogen functional groups attached to an aromatic ring is 1. The second kappa shape index (κ2) is 4.14. The summed E-state index contributed by atoms with van der Waals surface area (Å²) in [5, 5.41) is 8.43. The molecule has 0 saturated carbocycles. The van der Waals surface area contributed by atoms with Crippen LogP contribution in [-0.4, -0.2) is 14.6 Å². The summed E-state index contributed by atoms with van der Waals surface area (Å²) in [4.78, 5) is 0. The van der Waals surface area contributed by atoms with Crippen LogP contribution in [0.2, 0.25) is 0 Å². The maximum Gasteiger partial charge on any atom is 0.160 e. The Labute approximate surface area is 105 Å². The first-order chi connectivity index (χ1) is 8.75. The van der Waals surface area contributed by atoms with Gasteiger partial charge in [-0.2, -0.15) is 0 Å². The predicted octanol–water partition coefficient (Wildman–Crippen LogP) is 2.46. The Bertz CT molecular complexity index is 673. The molecule has 0 aliphatic heterocycles. The quantitative estimate of drug-likeness (QED) is 0.746. The van der Waals surface area contributed by atoms with E-state index in [4.69, 9.17) is 5.73 Å². The highest BCUT2D eigenvalue weighted by Gasteiger charge is 2.15. The molecule has 0 fully saturated rings. The van der Waals surface area contributed by atoms with Crippen molar-refractivity contribution in [1.29, 1.82) is 0 Å². The van der Waals surface area contributed by atoms with Gasteiger partial charge in [-0.25, -0.2) is 0 Å². The highest BCUT2D eigenvalue weighted by atomic mass is 15.2. The third-order valence-electron chi connectivity index (χ3n) is 3.14. The van der Waals surface area contributed by atoms with Gasteiger partial charge >= 0.3 is 0 Å². The van der Waals surface area contributed by atoms with Crippen LogP contribution in [0.5, 0.6) is 0 Å². The fourth-order valence-electron chi connectivity index (χ4n) is 2.11.